The number of methoxy groups -OCH3 is 1. The molecule has 1 aliphatic heterocycles. The molecule has 0 aromatic rings. The minimum Gasteiger partial charge on any atom is -0.385 e. The van der Waals surface area contributed by atoms with Gasteiger partial charge in [-0.05, 0) is 25.0 Å². The van der Waals surface area contributed by atoms with Gasteiger partial charge < -0.3 is 10.5 Å². The lowest BCUT2D eigenvalue weighted by Gasteiger charge is -2.32. The molecule has 0 aliphatic carbocycles. The van der Waals surface area contributed by atoms with Crippen LogP contribution in [0.15, 0.2) is 0 Å². The van der Waals surface area contributed by atoms with Gasteiger partial charge in [-0.1, -0.05) is 0 Å². The van der Waals surface area contributed by atoms with E-state index in [1.807, 2.05) is 11.8 Å². The van der Waals surface area contributed by atoms with E-state index < -0.39 is 0 Å². The van der Waals surface area contributed by atoms with Gasteiger partial charge in [0.1, 0.15) is 0 Å². The van der Waals surface area contributed by atoms with E-state index in [0.29, 0.717) is 0 Å². The number of rotatable bonds is 3. The summed E-state index contributed by atoms with van der Waals surface area (Å²) in [5, 5.41) is 0. The molecule has 1 rings (SSSR count). The summed E-state index contributed by atoms with van der Waals surface area (Å²) < 4.78 is 5.02. The van der Waals surface area contributed by atoms with Crippen molar-refractivity contribution in [3.05, 3.63) is 0 Å². The number of hydrogen-bond donors (Lipinski definition) is 1. The Labute approximate surface area is 72.9 Å². The molecule has 0 aromatic heterocycles. The highest BCUT2D eigenvalue weighted by atomic mass is 32.2. The molecular formula is C8H17NOS. The average Bonchev–Trinajstić information content (AvgIpc) is 2.03. The normalized spacial score (nSPS) is 32.2. The van der Waals surface area contributed by atoms with Crippen LogP contribution in [0.1, 0.15) is 19.3 Å². The topological polar surface area (TPSA) is 35.2 Å². The summed E-state index contributed by atoms with van der Waals surface area (Å²) in [6.45, 7) is 0.803. The first-order valence-electron chi connectivity index (χ1n) is 4.12. The van der Waals surface area contributed by atoms with Crippen molar-refractivity contribution in [2.24, 2.45) is 5.73 Å². The Balaban J connectivity index is 2.25. The Kier molecular flexibility index (Phi) is 3.69. The molecule has 0 saturated carbocycles. The largest absolute Gasteiger partial charge is 0.385 e. The predicted molar refractivity (Wildman–Crippen MR) is 50.0 cm³/mol. The average molecular weight is 175 g/mol. The molecule has 11 heavy (non-hydrogen) atoms. The highest BCUT2D eigenvalue weighted by Gasteiger charge is 2.26. The maximum absolute atomic E-state index is 6.14. The zero-order valence-electron chi connectivity index (χ0n) is 7.14. The van der Waals surface area contributed by atoms with E-state index in [1.165, 1.54) is 18.6 Å². The van der Waals surface area contributed by atoms with E-state index in [2.05, 4.69) is 0 Å². The fraction of sp³-hybridized carbons (Fsp3) is 1.00. The van der Waals surface area contributed by atoms with Crippen molar-refractivity contribution in [3.63, 3.8) is 0 Å². The first kappa shape index (κ1) is 9.36. The van der Waals surface area contributed by atoms with Gasteiger partial charge in [0.05, 0.1) is 0 Å². The molecule has 1 saturated heterocycles. The van der Waals surface area contributed by atoms with Crippen molar-refractivity contribution >= 4 is 11.8 Å². The van der Waals surface area contributed by atoms with Gasteiger partial charge in [0, 0.05) is 25.0 Å². The van der Waals surface area contributed by atoms with Crippen molar-refractivity contribution in [3.8, 4) is 0 Å². The van der Waals surface area contributed by atoms with Gasteiger partial charge in [-0.25, -0.2) is 0 Å². The second-order valence-electron chi connectivity index (χ2n) is 3.26. The van der Waals surface area contributed by atoms with E-state index in [4.69, 9.17) is 10.5 Å². The third-order valence-corrected chi connectivity index (χ3v) is 3.51. The maximum atomic E-state index is 6.14. The van der Waals surface area contributed by atoms with Gasteiger partial charge in [-0.15, -0.1) is 0 Å². The second-order valence-corrected chi connectivity index (χ2v) is 4.37. The van der Waals surface area contributed by atoms with Crippen LogP contribution in [0.2, 0.25) is 0 Å². The molecule has 2 N–H and O–H groups in total. The molecule has 66 valence electrons. The molecular weight excluding hydrogens is 158 g/mol. The molecule has 1 aliphatic rings. The molecule has 1 heterocycles. The molecule has 2 nitrogen and oxygen atoms in total. The van der Waals surface area contributed by atoms with E-state index in [0.717, 1.165) is 18.8 Å². The van der Waals surface area contributed by atoms with E-state index in [9.17, 15) is 0 Å². The minimum atomic E-state index is 0.0684. The molecule has 1 atom stereocenters. The zero-order chi connectivity index (χ0) is 8.16. The molecule has 1 fully saturated rings. The van der Waals surface area contributed by atoms with Gasteiger partial charge in [0.25, 0.3) is 0 Å². The summed E-state index contributed by atoms with van der Waals surface area (Å²) >= 11 is 1.97. The maximum Gasteiger partial charge on any atom is 0.0480 e. The van der Waals surface area contributed by atoms with Crippen LogP contribution in [0.5, 0.6) is 0 Å². The van der Waals surface area contributed by atoms with Gasteiger partial charge >= 0.3 is 0 Å². The van der Waals surface area contributed by atoms with Crippen LogP contribution >= 0.6 is 11.8 Å². The number of hydrogen-bond acceptors (Lipinski definition) is 3. The van der Waals surface area contributed by atoms with Crippen molar-refractivity contribution in [2.75, 3.05) is 25.2 Å². The molecule has 0 bridgehead atoms. The quantitative estimate of drug-likeness (QED) is 0.701. The summed E-state index contributed by atoms with van der Waals surface area (Å²) in [6, 6.07) is 0. The molecule has 0 amide bonds. The predicted octanol–water partition coefficient (Wildman–Crippen LogP) is 1.25. The van der Waals surface area contributed by atoms with Crippen molar-refractivity contribution in [1.29, 1.82) is 0 Å². The molecule has 0 spiro atoms. The lowest BCUT2D eigenvalue weighted by Crippen LogP contribution is -2.45. The van der Waals surface area contributed by atoms with Gasteiger partial charge in [0.15, 0.2) is 0 Å². The van der Waals surface area contributed by atoms with E-state index in [-0.39, 0.29) is 5.54 Å². The molecule has 0 aromatic carbocycles. The third kappa shape index (κ3) is 3.01. The number of thioether (sulfide) groups is 1. The Morgan fingerprint density at radius 2 is 2.45 bits per heavy atom. The van der Waals surface area contributed by atoms with Crippen LogP contribution in [0.25, 0.3) is 0 Å². The Hall–Kier alpha value is 0.270. The van der Waals surface area contributed by atoms with Crippen LogP contribution in [0.3, 0.4) is 0 Å². The van der Waals surface area contributed by atoms with Crippen LogP contribution in [0.4, 0.5) is 0 Å². The molecule has 0 radical (unpaired) electrons. The SMILES string of the molecule is COCCC1(N)CCCSC1. The first-order chi connectivity index (χ1) is 5.27. The monoisotopic (exact) mass is 175 g/mol. The third-order valence-electron chi connectivity index (χ3n) is 2.16. The van der Waals surface area contributed by atoms with Crippen molar-refractivity contribution in [2.45, 2.75) is 24.8 Å². The highest BCUT2D eigenvalue weighted by molar-refractivity contribution is 7.99. The molecule has 3 heteroatoms. The molecule has 1 unspecified atom stereocenters. The Bertz CT molecular complexity index is 113. The summed E-state index contributed by atoms with van der Waals surface area (Å²) in [5.74, 6) is 2.39. The fourth-order valence-corrected chi connectivity index (χ4v) is 2.56. The van der Waals surface area contributed by atoms with Gasteiger partial charge in [-0.3, -0.25) is 0 Å². The highest BCUT2D eigenvalue weighted by Crippen LogP contribution is 2.26. The zero-order valence-corrected chi connectivity index (χ0v) is 7.95. The summed E-state index contributed by atoms with van der Waals surface area (Å²) in [6.07, 6.45) is 3.45. The minimum absolute atomic E-state index is 0.0684. The van der Waals surface area contributed by atoms with Crippen LogP contribution in [-0.2, 0) is 4.74 Å². The van der Waals surface area contributed by atoms with Crippen LogP contribution in [-0.4, -0.2) is 30.8 Å². The summed E-state index contributed by atoms with van der Waals surface area (Å²) in [4.78, 5) is 0. The van der Waals surface area contributed by atoms with E-state index >= 15 is 0 Å². The van der Waals surface area contributed by atoms with Gasteiger partial charge in [-0.2, -0.15) is 11.8 Å². The lowest BCUT2D eigenvalue weighted by molar-refractivity contribution is 0.169. The number of ether oxygens (including phenoxy) is 1. The Morgan fingerprint density at radius 1 is 1.64 bits per heavy atom. The first-order valence-corrected chi connectivity index (χ1v) is 5.28. The Morgan fingerprint density at radius 3 is 3.00 bits per heavy atom. The summed E-state index contributed by atoms with van der Waals surface area (Å²) in [7, 11) is 1.74. The smallest absolute Gasteiger partial charge is 0.0480 e. The lowest BCUT2D eigenvalue weighted by atomic mass is 9.93. The standard InChI is InChI=1S/C8H17NOS/c1-10-5-4-8(9)3-2-6-11-7-8/h2-7,9H2,1H3. The van der Waals surface area contributed by atoms with Crippen LogP contribution in [0, 0.1) is 0 Å². The number of nitrogens with two attached hydrogens (primary N) is 1. The second kappa shape index (κ2) is 4.33. The van der Waals surface area contributed by atoms with Crippen LogP contribution < -0.4 is 5.73 Å². The van der Waals surface area contributed by atoms with Gasteiger partial charge in [0.2, 0.25) is 0 Å². The summed E-state index contributed by atoms with van der Waals surface area (Å²) in [5.41, 5.74) is 6.21. The van der Waals surface area contributed by atoms with Crippen molar-refractivity contribution in [1.82, 2.24) is 0 Å². The van der Waals surface area contributed by atoms with Crippen molar-refractivity contribution < 1.29 is 4.74 Å². The van der Waals surface area contributed by atoms with E-state index in [1.54, 1.807) is 7.11 Å². The fourth-order valence-electron chi connectivity index (χ4n) is 1.38.